The Hall–Kier alpha value is -0.980. The first-order valence-electron chi connectivity index (χ1n) is 6.87. The summed E-state index contributed by atoms with van der Waals surface area (Å²) in [7, 11) is 0. The van der Waals surface area contributed by atoms with Crippen molar-refractivity contribution in [2.24, 2.45) is 0 Å². The molecule has 1 nitrogen and oxygen atoms in total. The van der Waals surface area contributed by atoms with Crippen molar-refractivity contribution in [2.45, 2.75) is 51.9 Å². The first-order chi connectivity index (χ1) is 8.36. The lowest BCUT2D eigenvalue weighted by molar-refractivity contribution is 0.309. The molecule has 17 heavy (non-hydrogen) atoms. The Balaban J connectivity index is 2.31. The van der Waals surface area contributed by atoms with Gasteiger partial charge in [-0.05, 0) is 37.0 Å². The van der Waals surface area contributed by atoms with Crippen molar-refractivity contribution in [3.05, 3.63) is 36.8 Å². The van der Waals surface area contributed by atoms with Crippen molar-refractivity contribution < 1.29 is 4.74 Å². The Morgan fingerprint density at radius 1 is 1.12 bits per heavy atom. The predicted molar refractivity (Wildman–Crippen MR) is 74.4 cm³/mol. The Kier molecular flexibility index (Phi) is 7.53. The molecule has 0 aliphatic carbocycles. The molecule has 0 heterocycles. The summed E-state index contributed by atoms with van der Waals surface area (Å²) >= 11 is 0. The van der Waals surface area contributed by atoms with Crippen LogP contribution in [-0.2, 0) is 6.42 Å². The van der Waals surface area contributed by atoms with Crippen LogP contribution in [0.2, 0.25) is 0 Å². The molecule has 95 valence electrons. The molecule has 0 aromatic heterocycles. The first-order valence-corrected chi connectivity index (χ1v) is 6.87. The zero-order chi connectivity index (χ0) is 12.3. The third-order valence-corrected chi connectivity index (χ3v) is 2.88. The van der Waals surface area contributed by atoms with Gasteiger partial charge in [-0.15, -0.1) is 0 Å². The van der Waals surface area contributed by atoms with Crippen molar-refractivity contribution >= 4 is 0 Å². The van der Waals surface area contributed by atoms with E-state index in [0.29, 0.717) is 0 Å². The number of hydrogen-bond acceptors (Lipinski definition) is 1. The molecule has 0 unspecified atom stereocenters. The molecule has 0 N–H and O–H groups in total. The van der Waals surface area contributed by atoms with Gasteiger partial charge in [0.2, 0.25) is 0 Å². The van der Waals surface area contributed by atoms with E-state index in [1.54, 1.807) is 0 Å². The van der Waals surface area contributed by atoms with Crippen LogP contribution < -0.4 is 4.74 Å². The lowest BCUT2D eigenvalue weighted by Gasteiger charge is -2.07. The Labute approximate surface area is 106 Å². The lowest BCUT2D eigenvalue weighted by atomic mass is 10.1. The first kappa shape index (κ1) is 14.1. The molecule has 1 heteroatoms. The average Bonchev–Trinajstić information content (AvgIpc) is 2.36. The molecule has 0 saturated heterocycles. The summed E-state index contributed by atoms with van der Waals surface area (Å²) in [6, 6.07) is 8.52. The molecule has 0 fully saturated rings. The maximum atomic E-state index is 5.70. The second-order valence-corrected chi connectivity index (χ2v) is 4.51. The van der Waals surface area contributed by atoms with Crippen LogP contribution in [0.3, 0.4) is 0 Å². The van der Waals surface area contributed by atoms with Gasteiger partial charge < -0.3 is 4.74 Å². The van der Waals surface area contributed by atoms with Gasteiger partial charge in [-0.25, -0.2) is 0 Å². The van der Waals surface area contributed by atoms with Crippen LogP contribution in [0, 0.1) is 6.92 Å². The van der Waals surface area contributed by atoms with Crippen LogP contribution in [0.15, 0.2) is 24.3 Å². The van der Waals surface area contributed by atoms with Crippen molar-refractivity contribution in [3.63, 3.8) is 0 Å². The van der Waals surface area contributed by atoms with E-state index in [-0.39, 0.29) is 0 Å². The molecule has 0 bridgehead atoms. The molecule has 0 aliphatic rings. The van der Waals surface area contributed by atoms with Gasteiger partial charge in [-0.1, -0.05) is 51.7 Å². The zero-order valence-electron chi connectivity index (χ0n) is 11.1. The van der Waals surface area contributed by atoms with Gasteiger partial charge in [0.1, 0.15) is 5.75 Å². The SMILES string of the molecule is [CH2]CCCCCc1cccc(OCCCC)c1. The maximum Gasteiger partial charge on any atom is 0.119 e. The Bertz CT molecular complexity index is 293. The fraction of sp³-hybridized carbons (Fsp3) is 0.562. The van der Waals surface area contributed by atoms with Crippen molar-refractivity contribution in [1.29, 1.82) is 0 Å². The van der Waals surface area contributed by atoms with Gasteiger partial charge in [0, 0.05) is 0 Å². The molecule has 0 atom stereocenters. The second-order valence-electron chi connectivity index (χ2n) is 4.51. The van der Waals surface area contributed by atoms with E-state index in [9.17, 15) is 0 Å². The van der Waals surface area contributed by atoms with E-state index < -0.39 is 0 Å². The van der Waals surface area contributed by atoms with Crippen molar-refractivity contribution in [2.75, 3.05) is 6.61 Å². The zero-order valence-corrected chi connectivity index (χ0v) is 11.1. The molecule has 0 spiro atoms. The molecule has 0 amide bonds. The summed E-state index contributed by atoms with van der Waals surface area (Å²) in [5, 5.41) is 0. The fourth-order valence-corrected chi connectivity index (χ4v) is 1.81. The van der Waals surface area contributed by atoms with Crippen LogP contribution in [0.4, 0.5) is 0 Å². The number of rotatable bonds is 9. The molecular weight excluding hydrogens is 208 g/mol. The quantitative estimate of drug-likeness (QED) is 0.556. The fourth-order valence-electron chi connectivity index (χ4n) is 1.81. The number of hydrogen-bond donors (Lipinski definition) is 0. The van der Waals surface area contributed by atoms with Gasteiger partial charge >= 0.3 is 0 Å². The Morgan fingerprint density at radius 3 is 2.76 bits per heavy atom. The molecule has 0 aliphatic heterocycles. The maximum absolute atomic E-state index is 5.70. The third kappa shape index (κ3) is 6.35. The molecule has 1 rings (SSSR count). The van der Waals surface area contributed by atoms with E-state index in [1.807, 2.05) is 0 Å². The number of benzene rings is 1. The third-order valence-electron chi connectivity index (χ3n) is 2.88. The average molecular weight is 233 g/mol. The van der Waals surface area contributed by atoms with Crippen LogP contribution in [0.25, 0.3) is 0 Å². The highest BCUT2D eigenvalue weighted by Gasteiger charge is 1.97. The monoisotopic (exact) mass is 233 g/mol. The van der Waals surface area contributed by atoms with Gasteiger partial charge in [0.05, 0.1) is 6.61 Å². The van der Waals surface area contributed by atoms with Crippen LogP contribution >= 0.6 is 0 Å². The van der Waals surface area contributed by atoms with Crippen LogP contribution in [0.1, 0.15) is 51.0 Å². The summed E-state index contributed by atoms with van der Waals surface area (Å²) < 4.78 is 5.70. The van der Waals surface area contributed by atoms with E-state index in [2.05, 4.69) is 38.1 Å². The van der Waals surface area contributed by atoms with Gasteiger partial charge in [0.15, 0.2) is 0 Å². The Morgan fingerprint density at radius 2 is 2.00 bits per heavy atom. The van der Waals surface area contributed by atoms with Crippen LogP contribution in [-0.4, -0.2) is 6.61 Å². The summed E-state index contributed by atoms with van der Waals surface area (Å²) in [5.74, 6) is 1.02. The number of aryl methyl sites for hydroxylation is 1. The molecular formula is C16H25O. The normalized spacial score (nSPS) is 10.5. The smallest absolute Gasteiger partial charge is 0.119 e. The largest absolute Gasteiger partial charge is 0.494 e. The van der Waals surface area contributed by atoms with E-state index in [1.165, 1.54) is 31.2 Å². The molecule has 1 radical (unpaired) electrons. The van der Waals surface area contributed by atoms with E-state index >= 15 is 0 Å². The standard InChI is InChI=1S/C16H25O/c1-3-5-7-8-10-15-11-9-12-16(14-15)17-13-6-4-2/h9,11-12,14H,1,3-8,10,13H2,2H3. The molecule has 1 aromatic carbocycles. The lowest BCUT2D eigenvalue weighted by Crippen LogP contribution is -1.97. The summed E-state index contributed by atoms with van der Waals surface area (Å²) in [4.78, 5) is 0. The minimum atomic E-state index is 0.835. The highest BCUT2D eigenvalue weighted by Crippen LogP contribution is 2.16. The van der Waals surface area contributed by atoms with E-state index in [0.717, 1.165) is 31.6 Å². The van der Waals surface area contributed by atoms with Crippen molar-refractivity contribution in [1.82, 2.24) is 0 Å². The highest BCUT2D eigenvalue weighted by molar-refractivity contribution is 5.28. The van der Waals surface area contributed by atoms with Crippen molar-refractivity contribution in [3.8, 4) is 5.75 Å². The summed E-state index contributed by atoms with van der Waals surface area (Å²) in [5.41, 5.74) is 1.39. The minimum Gasteiger partial charge on any atom is -0.494 e. The molecule has 0 saturated carbocycles. The summed E-state index contributed by atoms with van der Waals surface area (Å²) in [6.07, 6.45) is 8.31. The topological polar surface area (TPSA) is 9.23 Å². The van der Waals surface area contributed by atoms with Gasteiger partial charge in [-0.2, -0.15) is 0 Å². The van der Waals surface area contributed by atoms with Crippen LogP contribution in [0.5, 0.6) is 5.75 Å². The summed E-state index contributed by atoms with van der Waals surface area (Å²) in [6.45, 7) is 6.88. The number of unbranched alkanes of at least 4 members (excludes halogenated alkanes) is 4. The molecule has 1 aromatic rings. The van der Waals surface area contributed by atoms with Gasteiger partial charge in [0.25, 0.3) is 0 Å². The van der Waals surface area contributed by atoms with E-state index in [4.69, 9.17) is 4.74 Å². The second kappa shape index (κ2) is 9.09. The minimum absolute atomic E-state index is 0.835. The predicted octanol–water partition coefficient (Wildman–Crippen LogP) is 4.80. The van der Waals surface area contributed by atoms with Gasteiger partial charge in [-0.3, -0.25) is 0 Å². The highest BCUT2D eigenvalue weighted by atomic mass is 16.5. The number of ether oxygens (including phenoxy) is 1.